The summed E-state index contributed by atoms with van der Waals surface area (Å²) >= 11 is 5.46. The van der Waals surface area contributed by atoms with E-state index in [1.807, 2.05) is 27.7 Å². The zero-order valence-corrected chi connectivity index (χ0v) is 12.1. The van der Waals surface area contributed by atoms with Gasteiger partial charge in [-0.2, -0.15) is 0 Å². The minimum Gasteiger partial charge on any atom is -0.380 e. The highest BCUT2D eigenvalue weighted by Crippen LogP contribution is 2.50. The lowest BCUT2D eigenvalue weighted by molar-refractivity contribution is 0.125. The van der Waals surface area contributed by atoms with Gasteiger partial charge in [0.05, 0.1) is 31.6 Å². The molecular weight excluding hydrogens is 251 g/mol. The lowest BCUT2D eigenvalue weighted by Crippen LogP contribution is -2.13. The predicted octanol–water partition coefficient (Wildman–Crippen LogP) is 3.28. The van der Waals surface area contributed by atoms with Gasteiger partial charge in [0, 0.05) is 5.88 Å². The van der Waals surface area contributed by atoms with Crippen LogP contribution in [0.4, 0.5) is 0 Å². The summed E-state index contributed by atoms with van der Waals surface area (Å²) in [6.45, 7) is 8.10. The van der Waals surface area contributed by atoms with Gasteiger partial charge in [0.1, 0.15) is 0 Å². The highest BCUT2D eigenvalue weighted by molar-refractivity contribution is 7.53. The molecule has 0 aromatic carbocycles. The molecule has 0 fully saturated rings. The van der Waals surface area contributed by atoms with Crippen molar-refractivity contribution in [3.63, 3.8) is 0 Å². The maximum absolute atomic E-state index is 12.2. The van der Waals surface area contributed by atoms with Gasteiger partial charge in [0.25, 0.3) is 0 Å². The van der Waals surface area contributed by atoms with Gasteiger partial charge in [-0.3, -0.25) is 4.57 Å². The van der Waals surface area contributed by atoms with E-state index < -0.39 is 7.60 Å². The van der Waals surface area contributed by atoms with Gasteiger partial charge in [0.15, 0.2) is 0 Å². The molecule has 0 N–H and O–H groups in total. The van der Waals surface area contributed by atoms with Crippen molar-refractivity contribution in [2.75, 3.05) is 25.3 Å². The first-order chi connectivity index (χ1) is 7.39. The first-order valence-electron chi connectivity index (χ1n) is 5.49. The molecule has 0 aliphatic rings. The lowest BCUT2D eigenvalue weighted by atomic mass is 10.5. The first kappa shape index (κ1) is 16.4. The molecule has 0 aromatic heterocycles. The van der Waals surface area contributed by atoms with E-state index in [0.717, 1.165) is 0 Å². The van der Waals surface area contributed by atoms with Crippen molar-refractivity contribution >= 4 is 19.2 Å². The van der Waals surface area contributed by atoms with E-state index in [0.29, 0.717) is 19.1 Å². The lowest BCUT2D eigenvalue weighted by Gasteiger charge is -2.22. The molecule has 0 rings (SSSR count). The average Bonchev–Trinajstić information content (AvgIpc) is 2.09. The first-order valence-corrected chi connectivity index (χ1v) is 7.75. The third-order valence-electron chi connectivity index (χ3n) is 1.47. The fourth-order valence-electron chi connectivity index (χ4n) is 1.11. The molecule has 0 atom stereocenters. The van der Waals surface area contributed by atoms with E-state index in [1.54, 1.807) is 0 Å². The molecular formula is C10H22ClO4P. The molecule has 0 amide bonds. The van der Waals surface area contributed by atoms with Crippen LogP contribution in [0.5, 0.6) is 0 Å². The Morgan fingerprint density at radius 2 is 1.56 bits per heavy atom. The number of rotatable bonds is 9. The largest absolute Gasteiger partial charge is 0.380 e. The quantitative estimate of drug-likeness (QED) is 0.367. The summed E-state index contributed by atoms with van der Waals surface area (Å²) in [5.41, 5.74) is 0. The van der Waals surface area contributed by atoms with Gasteiger partial charge >= 0.3 is 7.60 Å². The molecule has 16 heavy (non-hydrogen) atoms. The van der Waals surface area contributed by atoms with Crippen LogP contribution in [0.1, 0.15) is 27.7 Å². The monoisotopic (exact) mass is 272 g/mol. The summed E-state index contributed by atoms with van der Waals surface area (Å²) in [4.78, 5) is 0. The summed E-state index contributed by atoms with van der Waals surface area (Å²) < 4.78 is 28.1. The zero-order valence-electron chi connectivity index (χ0n) is 10.4. The smallest absolute Gasteiger partial charge is 0.333 e. The Bertz CT molecular complexity index is 207. The third kappa shape index (κ3) is 8.54. The summed E-state index contributed by atoms with van der Waals surface area (Å²) in [7, 11) is -3.04. The maximum Gasteiger partial charge on any atom is 0.333 e. The molecule has 0 unspecified atom stereocenters. The number of hydrogen-bond acceptors (Lipinski definition) is 4. The number of hydrogen-bond donors (Lipinski definition) is 0. The molecule has 98 valence electrons. The van der Waals surface area contributed by atoms with Gasteiger partial charge in [-0.05, 0) is 27.7 Å². The van der Waals surface area contributed by atoms with Crippen LogP contribution in [0.3, 0.4) is 0 Å². The van der Waals surface area contributed by atoms with E-state index in [9.17, 15) is 4.57 Å². The van der Waals surface area contributed by atoms with Crippen LogP contribution < -0.4 is 0 Å². The van der Waals surface area contributed by atoms with Crippen molar-refractivity contribution in [3.05, 3.63) is 0 Å². The van der Waals surface area contributed by atoms with Crippen LogP contribution in [0, 0.1) is 0 Å². The summed E-state index contributed by atoms with van der Waals surface area (Å²) in [5.74, 6) is 0.431. The van der Waals surface area contributed by atoms with Crippen molar-refractivity contribution in [1.29, 1.82) is 0 Å². The average molecular weight is 273 g/mol. The van der Waals surface area contributed by atoms with E-state index in [1.165, 1.54) is 0 Å². The Balaban J connectivity index is 4.14. The van der Waals surface area contributed by atoms with Gasteiger partial charge in [-0.25, -0.2) is 0 Å². The van der Waals surface area contributed by atoms with Crippen LogP contribution in [0.2, 0.25) is 0 Å². The predicted molar refractivity (Wildman–Crippen MR) is 66.5 cm³/mol. The molecule has 0 spiro atoms. The highest BCUT2D eigenvalue weighted by Gasteiger charge is 2.27. The maximum atomic E-state index is 12.2. The van der Waals surface area contributed by atoms with Gasteiger partial charge in [0.2, 0.25) is 0 Å². The minimum atomic E-state index is -3.04. The van der Waals surface area contributed by atoms with Crippen molar-refractivity contribution < 1.29 is 18.3 Å². The molecule has 0 aliphatic heterocycles. The molecule has 0 bridgehead atoms. The second-order valence-corrected chi connectivity index (χ2v) is 6.41. The van der Waals surface area contributed by atoms with Crippen molar-refractivity contribution in [2.24, 2.45) is 0 Å². The van der Waals surface area contributed by atoms with E-state index in [-0.39, 0.29) is 18.4 Å². The Morgan fingerprint density at radius 3 is 1.94 bits per heavy atom. The fraction of sp³-hybridized carbons (Fsp3) is 1.00. The summed E-state index contributed by atoms with van der Waals surface area (Å²) in [5, 5.41) is 0. The Kier molecular flexibility index (Phi) is 8.70. The molecule has 0 aromatic rings. The zero-order chi connectivity index (χ0) is 12.6. The van der Waals surface area contributed by atoms with E-state index >= 15 is 0 Å². The Labute approximate surface area is 103 Å². The van der Waals surface area contributed by atoms with Crippen LogP contribution in [0.15, 0.2) is 0 Å². The van der Waals surface area contributed by atoms with Crippen LogP contribution in [-0.4, -0.2) is 37.5 Å². The highest BCUT2D eigenvalue weighted by atomic mass is 35.5. The van der Waals surface area contributed by atoms with Gasteiger partial charge in [-0.15, -0.1) is 11.6 Å². The van der Waals surface area contributed by atoms with Crippen LogP contribution >= 0.6 is 19.2 Å². The fourth-order valence-corrected chi connectivity index (χ4v) is 3.11. The molecule has 0 heterocycles. The summed E-state index contributed by atoms with van der Waals surface area (Å²) in [6.07, 6.45) is 0.00971. The normalized spacial score (nSPS) is 12.7. The SMILES string of the molecule is CC(C)OP(=O)(CCOCCCl)OC(C)C. The molecule has 0 aliphatic carbocycles. The molecule has 0 saturated heterocycles. The number of alkyl halides is 1. The molecule has 4 nitrogen and oxygen atoms in total. The van der Waals surface area contributed by atoms with Gasteiger partial charge < -0.3 is 13.8 Å². The van der Waals surface area contributed by atoms with Crippen molar-refractivity contribution in [3.8, 4) is 0 Å². The van der Waals surface area contributed by atoms with E-state index in [4.69, 9.17) is 25.4 Å². The molecule has 0 saturated carbocycles. The Morgan fingerprint density at radius 1 is 1.06 bits per heavy atom. The summed E-state index contributed by atoms with van der Waals surface area (Å²) in [6, 6.07) is 0. The van der Waals surface area contributed by atoms with Crippen LogP contribution in [-0.2, 0) is 18.3 Å². The van der Waals surface area contributed by atoms with Crippen molar-refractivity contribution in [1.82, 2.24) is 0 Å². The second-order valence-electron chi connectivity index (χ2n) is 3.94. The number of halogens is 1. The van der Waals surface area contributed by atoms with Crippen LogP contribution in [0.25, 0.3) is 0 Å². The van der Waals surface area contributed by atoms with Gasteiger partial charge in [-0.1, -0.05) is 0 Å². The standard InChI is InChI=1S/C10H22ClO4P/c1-9(2)14-16(12,15-10(3)4)8-7-13-6-5-11/h9-10H,5-8H2,1-4H3. The van der Waals surface area contributed by atoms with E-state index in [2.05, 4.69) is 0 Å². The van der Waals surface area contributed by atoms with Crippen molar-refractivity contribution in [2.45, 2.75) is 39.9 Å². The minimum absolute atomic E-state index is 0.127. The molecule has 0 radical (unpaired) electrons. The molecule has 6 heteroatoms. The second kappa shape index (κ2) is 8.48. The number of ether oxygens (including phenoxy) is 1. The third-order valence-corrected chi connectivity index (χ3v) is 3.84. The Hall–Kier alpha value is 0.400. The topological polar surface area (TPSA) is 44.8 Å².